The maximum Gasteiger partial charge on any atom is 0.247 e. The maximum absolute atomic E-state index is 12.8. The fraction of sp³-hybridized carbons (Fsp3) is 0.263. The number of aryl methyl sites for hydroxylation is 1. The second kappa shape index (κ2) is 7.05. The third-order valence-corrected chi connectivity index (χ3v) is 4.45. The minimum atomic E-state index is -0.570. The van der Waals surface area contributed by atoms with Crippen molar-refractivity contribution in [1.82, 2.24) is 10.2 Å². The number of halogens is 1. The fourth-order valence-corrected chi connectivity index (χ4v) is 3.02. The van der Waals surface area contributed by atoms with E-state index in [0.717, 1.165) is 16.7 Å². The van der Waals surface area contributed by atoms with Gasteiger partial charge >= 0.3 is 0 Å². The van der Waals surface area contributed by atoms with Gasteiger partial charge < -0.3 is 10.2 Å². The highest BCUT2D eigenvalue weighted by atomic mass is 35.5. The summed E-state index contributed by atoms with van der Waals surface area (Å²) in [4.78, 5) is 26.8. The Kier molecular flexibility index (Phi) is 4.86. The van der Waals surface area contributed by atoms with E-state index in [1.165, 1.54) is 0 Å². The smallest absolute Gasteiger partial charge is 0.247 e. The normalized spacial score (nSPS) is 17.5. The molecule has 0 spiro atoms. The third-order valence-electron chi connectivity index (χ3n) is 4.19. The van der Waals surface area contributed by atoms with Crippen molar-refractivity contribution in [3.8, 4) is 0 Å². The van der Waals surface area contributed by atoms with E-state index in [1.807, 2.05) is 43.3 Å². The lowest BCUT2D eigenvalue weighted by atomic mass is 10.00. The van der Waals surface area contributed by atoms with Gasteiger partial charge in [0, 0.05) is 18.1 Å². The molecular formula is C19H19ClN2O2. The zero-order valence-electron chi connectivity index (χ0n) is 13.5. The fourth-order valence-electron chi connectivity index (χ4n) is 2.89. The van der Waals surface area contributed by atoms with Gasteiger partial charge in [-0.25, -0.2) is 0 Å². The molecule has 1 N–H and O–H groups in total. The zero-order chi connectivity index (χ0) is 17.1. The Morgan fingerprint density at radius 1 is 1.17 bits per heavy atom. The second-order valence-electron chi connectivity index (χ2n) is 5.99. The van der Waals surface area contributed by atoms with Crippen LogP contribution in [0.15, 0.2) is 48.5 Å². The van der Waals surface area contributed by atoms with Crippen LogP contribution < -0.4 is 5.32 Å². The quantitative estimate of drug-likeness (QED) is 0.932. The second-order valence-corrected chi connectivity index (χ2v) is 6.43. The minimum Gasteiger partial charge on any atom is -0.352 e. The monoisotopic (exact) mass is 342 g/mol. The van der Waals surface area contributed by atoms with E-state index >= 15 is 0 Å². The lowest BCUT2D eigenvalue weighted by Crippen LogP contribution is -2.52. The molecule has 24 heavy (non-hydrogen) atoms. The summed E-state index contributed by atoms with van der Waals surface area (Å²) in [6, 6.07) is 14.4. The summed E-state index contributed by atoms with van der Waals surface area (Å²) in [5.41, 5.74) is 2.84. The predicted molar refractivity (Wildman–Crippen MR) is 93.8 cm³/mol. The number of benzene rings is 2. The predicted octanol–water partition coefficient (Wildman–Crippen LogP) is 2.89. The Morgan fingerprint density at radius 3 is 2.50 bits per heavy atom. The van der Waals surface area contributed by atoms with Gasteiger partial charge in [0.15, 0.2) is 0 Å². The highest BCUT2D eigenvalue weighted by molar-refractivity contribution is 6.30. The molecule has 2 aromatic carbocycles. The third kappa shape index (κ3) is 3.60. The van der Waals surface area contributed by atoms with Crippen LogP contribution in [0.2, 0.25) is 5.02 Å². The molecule has 1 aliphatic rings. The van der Waals surface area contributed by atoms with E-state index in [1.54, 1.807) is 17.0 Å². The van der Waals surface area contributed by atoms with Crippen LogP contribution in [0.1, 0.15) is 22.7 Å². The first-order valence-corrected chi connectivity index (χ1v) is 8.30. The van der Waals surface area contributed by atoms with Crippen molar-refractivity contribution in [2.75, 3.05) is 13.1 Å². The molecule has 3 rings (SSSR count). The summed E-state index contributed by atoms with van der Waals surface area (Å²) in [6.45, 7) is 2.98. The highest BCUT2D eigenvalue weighted by Gasteiger charge is 2.34. The van der Waals surface area contributed by atoms with Gasteiger partial charge in [-0.05, 0) is 30.2 Å². The van der Waals surface area contributed by atoms with Crippen molar-refractivity contribution < 1.29 is 9.59 Å². The minimum absolute atomic E-state index is 0.0576. The number of amides is 2. The summed E-state index contributed by atoms with van der Waals surface area (Å²) < 4.78 is 0. The first-order chi connectivity index (χ1) is 11.5. The number of piperazine rings is 1. The van der Waals surface area contributed by atoms with Gasteiger partial charge in [0.2, 0.25) is 11.8 Å². The Labute approximate surface area is 146 Å². The van der Waals surface area contributed by atoms with Crippen molar-refractivity contribution in [3.63, 3.8) is 0 Å². The topological polar surface area (TPSA) is 49.4 Å². The molecular weight excluding hydrogens is 324 g/mol. The van der Waals surface area contributed by atoms with Crippen LogP contribution in [-0.4, -0.2) is 29.8 Å². The van der Waals surface area contributed by atoms with E-state index in [2.05, 4.69) is 5.32 Å². The summed E-state index contributed by atoms with van der Waals surface area (Å²) in [7, 11) is 0. The summed E-state index contributed by atoms with van der Waals surface area (Å²) in [5.74, 6) is -0.188. The highest BCUT2D eigenvalue weighted by Crippen LogP contribution is 2.24. The number of rotatable bonds is 3. The van der Waals surface area contributed by atoms with Crippen LogP contribution in [-0.2, 0) is 16.0 Å². The first-order valence-electron chi connectivity index (χ1n) is 7.93. The lowest BCUT2D eigenvalue weighted by Gasteiger charge is -2.35. The number of carbonyl (C=O) groups is 2. The standard InChI is InChI=1S/C19H19ClN2O2/c1-13-2-6-15(7-3-13)18-19(24)21-10-11-22(18)17(23)12-14-4-8-16(20)9-5-14/h2-9,18H,10-12H2,1H3,(H,21,24). The van der Waals surface area contributed by atoms with Gasteiger partial charge in [0.1, 0.15) is 6.04 Å². The number of carbonyl (C=O) groups excluding carboxylic acids is 2. The number of nitrogens with zero attached hydrogens (tertiary/aromatic N) is 1. The van der Waals surface area contributed by atoms with E-state index in [4.69, 9.17) is 11.6 Å². The van der Waals surface area contributed by atoms with Crippen molar-refractivity contribution in [2.24, 2.45) is 0 Å². The number of nitrogens with one attached hydrogen (secondary N) is 1. The van der Waals surface area contributed by atoms with Gasteiger partial charge in [-0.15, -0.1) is 0 Å². The van der Waals surface area contributed by atoms with Gasteiger partial charge in [0.05, 0.1) is 6.42 Å². The molecule has 1 unspecified atom stereocenters. The van der Waals surface area contributed by atoms with E-state index in [9.17, 15) is 9.59 Å². The van der Waals surface area contributed by atoms with Crippen molar-refractivity contribution in [3.05, 3.63) is 70.2 Å². The Bertz CT molecular complexity index is 741. The molecule has 5 heteroatoms. The molecule has 1 aliphatic heterocycles. The molecule has 1 saturated heterocycles. The molecule has 0 aromatic heterocycles. The molecule has 1 atom stereocenters. The van der Waals surface area contributed by atoms with Crippen molar-refractivity contribution >= 4 is 23.4 Å². The molecule has 0 aliphatic carbocycles. The van der Waals surface area contributed by atoms with Gasteiger partial charge in [0.25, 0.3) is 0 Å². The summed E-state index contributed by atoms with van der Waals surface area (Å²) in [5, 5.41) is 3.49. The zero-order valence-corrected chi connectivity index (χ0v) is 14.2. The van der Waals surface area contributed by atoms with Crippen LogP contribution in [0.3, 0.4) is 0 Å². The first kappa shape index (κ1) is 16.5. The Morgan fingerprint density at radius 2 is 1.83 bits per heavy atom. The summed E-state index contributed by atoms with van der Waals surface area (Å²) >= 11 is 5.88. The Balaban J connectivity index is 1.82. The van der Waals surface area contributed by atoms with Crippen LogP contribution >= 0.6 is 11.6 Å². The van der Waals surface area contributed by atoms with Crippen molar-refractivity contribution in [2.45, 2.75) is 19.4 Å². The largest absolute Gasteiger partial charge is 0.352 e. The molecule has 0 radical (unpaired) electrons. The van der Waals surface area contributed by atoms with E-state index in [-0.39, 0.29) is 18.2 Å². The van der Waals surface area contributed by atoms with E-state index in [0.29, 0.717) is 18.1 Å². The SMILES string of the molecule is Cc1ccc(C2C(=O)NCCN2C(=O)Cc2ccc(Cl)cc2)cc1. The van der Waals surface area contributed by atoms with E-state index < -0.39 is 6.04 Å². The van der Waals surface area contributed by atoms with Crippen LogP contribution in [0.25, 0.3) is 0 Å². The molecule has 2 aromatic rings. The molecule has 0 bridgehead atoms. The number of hydrogen-bond acceptors (Lipinski definition) is 2. The van der Waals surface area contributed by atoms with Gasteiger partial charge in [-0.3, -0.25) is 9.59 Å². The maximum atomic E-state index is 12.8. The average Bonchev–Trinajstić information content (AvgIpc) is 2.58. The molecule has 2 amide bonds. The molecule has 1 heterocycles. The molecule has 0 saturated carbocycles. The van der Waals surface area contributed by atoms with Crippen LogP contribution in [0, 0.1) is 6.92 Å². The van der Waals surface area contributed by atoms with Gasteiger partial charge in [-0.1, -0.05) is 53.6 Å². The van der Waals surface area contributed by atoms with Crippen molar-refractivity contribution in [1.29, 1.82) is 0 Å². The van der Waals surface area contributed by atoms with Crippen LogP contribution in [0.4, 0.5) is 0 Å². The molecule has 124 valence electrons. The molecule has 4 nitrogen and oxygen atoms in total. The summed E-state index contributed by atoms with van der Waals surface area (Å²) in [6.07, 6.45) is 0.257. The van der Waals surface area contributed by atoms with Gasteiger partial charge in [-0.2, -0.15) is 0 Å². The Hall–Kier alpha value is -2.33. The lowest BCUT2D eigenvalue weighted by molar-refractivity contribution is -0.143. The van der Waals surface area contributed by atoms with Crippen LogP contribution in [0.5, 0.6) is 0 Å². The molecule has 1 fully saturated rings. The number of hydrogen-bond donors (Lipinski definition) is 1. The average molecular weight is 343 g/mol.